The van der Waals surface area contributed by atoms with E-state index in [0.29, 0.717) is 16.9 Å². The van der Waals surface area contributed by atoms with Crippen LogP contribution >= 0.6 is 0 Å². The standard InChI is InChI=1S/C18H13N3O2/c1-21-15-10-6-5-9-13(15)16(18(21)23)14(11-19)17(22)20-12-7-3-2-4-8-12/h2-10H,1H3,(H,20,22). The Morgan fingerprint density at radius 1 is 1.09 bits per heavy atom. The fourth-order valence-corrected chi connectivity index (χ4v) is 2.55. The van der Waals surface area contributed by atoms with Gasteiger partial charge in [-0.2, -0.15) is 5.26 Å². The molecule has 1 heterocycles. The number of hydrogen-bond donors (Lipinski definition) is 1. The van der Waals surface area contributed by atoms with Crippen molar-refractivity contribution in [1.82, 2.24) is 0 Å². The fourth-order valence-electron chi connectivity index (χ4n) is 2.55. The first-order chi connectivity index (χ1) is 11.1. The molecule has 0 spiro atoms. The van der Waals surface area contributed by atoms with Gasteiger partial charge in [0.1, 0.15) is 11.6 Å². The van der Waals surface area contributed by atoms with Crippen molar-refractivity contribution in [2.75, 3.05) is 17.3 Å². The molecule has 5 heteroatoms. The SMILES string of the molecule is CN1C(=O)C(=C(C#N)C(=O)Nc2ccccc2)c2ccccc21. The summed E-state index contributed by atoms with van der Waals surface area (Å²) in [7, 11) is 1.62. The third kappa shape index (κ3) is 2.47. The monoisotopic (exact) mass is 303 g/mol. The van der Waals surface area contributed by atoms with Crippen LogP contribution in [0.3, 0.4) is 0 Å². The summed E-state index contributed by atoms with van der Waals surface area (Å²) >= 11 is 0. The van der Waals surface area contributed by atoms with Gasteiger partial charge in [0, 0.05) is 18.3 Å². The van der Waals surface area contributed by atoms with Gasteiger partial charge in [-0.25, -0.2) is 0 Å². The highest BCUT2D eigenvalue weighted by molar-refractivity contribution is 6.37. The number of nitriles is 1. The Labute approximate surface area is 133 Å². The highest BCUT2D eigenvalue weighted by atomic mass is 16.2. The first-order valence-electron chi connectivity index (χ1n) is 7.01. The van der Waals surface area contributed by atoms with Crippen molar-refractivity contribution in [1.29, 1.82) is 5.26 Å². The summed E-state index contributed by atoms with van der Waals surface area (Å²) in [6, 6.07) is 17.8. The predicted molar refractivity (Wildman–Crippen MR) is 87.5 cm³/mol. The van der Waals surface area contributed by atoms with E-state index in [4.69, 9.17) is 0 Å². The molecule has 112 valence electrons. The van der Waals surface area contributed by atoms with Gasteiger partial charge < -0.3 is 10.2 Å². The number of carbonyl (C=O) groups is 2. The van der Waals surface area contributed by atoms with Crippen molar-refractivity contribution < 1.29 is 9.59 Å². The smallest absolute Gasteiger partial charge is 0.267 e. The Bertz CT molecular complexity index is 863. The molecule has 23 heavy (non-hydrogen) atoms. The third-order valence-corrected chi connectivity index (χ3v) is 3.67. The van der Waals surface area contributed by atoms with E-state index in [1.165, 1.54) is 4.90 Å². The molecule has 2 aromatic rings. The molecular weight excluding hydrogens is 290 g/mol. The van der Waals surface area contributed by atoms with Crippen molar-refractivity contribution in [3.05, 3.63) is 65.7 Å². The fraction of sp³-hybridized carbons (Fsp3) is 0.0556. The van der Waals surface area contributed by atoms with Gasteiger partial charge in [0.05, 0.1) is 11.3 Å². The second-order valence-electron chi connectivity index (χ2n) is 5.06. The molecule has 1 N–H and O–H groups in total. The van der Waals surface area contributed by atoms with Crippen molar-refractivity contribution in [2.24, 2.45) is 0 Å². The largest absolute Gasteiger partial charge is 0.321 e. The first-order valence-corrected chi connectivity index (χ1v) is 7.01. The summed E-state index contributed by atoms with van der Waals surface area (Å²) in [5.74, 6) is -0.946. The van der Waals surface area contributed by atoms with Gasteiger partial charge in [-0.05, 0) is 18.2 Å². The minimum atomic E-state index is -0.591. The number of nitrogens with one attached hydrogen (secondary N) is 1. The molecule has 2 amide bonds. The average Bonchev–Trinajstić information content (AvgIpc) is 2.82. The number of para-hydroxylation sites is 2. The van der Waals surface area contributed by atoms with Crippen molar-refractivity contribution >= 4 is 28.8 Å². The van der Waals surface area contributed by atoms with E-state index in [0.717, 1.165) is 0 Å². The van der Waals surface area contributed by atoms with Crippen LogP contribution in [-0.2, 0) is 9.59 Å². The number of nitrogens with zero attached hydrogens (tertiary/aromatic N) is 2. The lowest BCUT2D eigenvalue weighted by molar-refractivity contribution is -0.114. The van der Waals surface area contributed by atoms with Crippen molar-refractivity contribution in [2.45, 2.75) is 0 Å². The zero-order valence-corrected chi connectivity index (χ0v) is 12.4. The summed E-state index contributed by atoms with van der Waals surface area (Å²) in [5.41, 5.74) is 1.81. The van der Waals surface area contributed by atoms with Crippen LogP contribution in [0.4, 0.5) is 11.4 Å². The summed E-state index contributed by atoms with van der Waals surface area (Å²) < 4.78 is 0. The molecule has 0 saturated heterocycles. The molecule has 1 aliphatic rings. The van der Waals surface area contributed by atoms with Gasteiger partial charge in [-0.3, -0.25) is 9.59 Å². The molecule has 0 saturated carbocycles. The minimum absolute atomic E-state index is 0.138. The zero-order chi connectivity index (χ0) is 16.4. The number of rotatable bonds is 2. The number of likely N-dealkylation sites (N-methyl/N-ethyl adjacent to an activating group) is 1. The van der Waals surface area contributed by atoms with Crippen LogP contribution in [0.1, 0.15) is 5.56 Å². The molecule has 3 rings (SSSR count). The maximum atomic E-state index is 12.5. The van der Waals surface area contributed by atoms with E-state index >= 15 is 0 Å². The van der Waals surface area contributed by atoms with Gasteiger partial charge in [-0.1, -0.05) is 36.4 Å². The molecule has 0 bridgehead atoms. The Morgan fingerprint density at radius 3 is 2.43 bits per heavy atom. The molecule has 1 aliphatic heterocycles. The Balaban J connectivity index is 2.06. The molecule has 0 fully saturated rings. The number of fused-ring (bicyclic) bond motifs is 1. The zero-order valence-electron chi connectivity index (χ0n) is 12.4. The number of benzene rings is 2. The van der Waals surface area contributed by atoms with E-state index < -0.39 is 5.91 Å². The first kappa shape index (κ1) is 14.5. The Morgan fingerprint density at radius 2 is 1.74 bits per heavy atom. The van der Waals surface area contributed by atoms with E-state index in [1.807, 2.05) is 18.2 Å². The molecule has 0 unspecified atom stereocenters. The Kier molecular flexibility index (Phi) is 3.65. The van der Waals surface area contributed by atoms with Crippen LogP contribution in [0, 0.1) is 11.3 Å². The molecule has 0 radical (unpaired) electrons. The number of anilines is 2. The van der Waals surface area contributed by atoms with E-state index in [2.05, 4.69) is 5.32 Å². The van der Waals surface area contributed by atoms with Gasteiger partial charge in [-0.15, -0.1) is 0 Å². The summed E-state index contributed by atoms with van der Waals surface area (Å²) in [4.78, 5) is 26.3. The summed E-state index contributed by atoms with van der Waals surface area (Å²) in [5, 5.41) is 12.1. The summed E-state index contributed by atoms with van der Waals surface area (Å²) in [6.07, 6.45) is 0. The lowest BCUT2D eigenvalue weighted by Crippen LogP contribution is -2.23. The molecule has 0 atom stereocenters. The lowest BCUT2D eigenvalue weighted by atomic mass is 10.0. The van der Waals surface area contributed by atoms with Crippen LogP contribution in [0.15, 0.2) is 60.2 Å². The van der Waals surface area contributed by atoms with Gasteiger partial charge in [0.25, 0.3) is 11.8 Å². The number of hydrogen-bond acceptors (Lipinski definition) is 3. The second kappa shape index (κ2) is 5.78. The van der Waals surface area contributed by atoms with Crippen LogP contribution in [0.25, 0.3) is 5.57 Å². The second-order valence-corrected chi connectivity index (χ2v) is 5.06. The third-order valence-electron chi connectivity index (χ3n) is 3.67. The van der Waals surface area contributed by atoms with Crippen LogP contribution in [0.2, 0.25) is 0 Å². The van der Waals surface area contributed by atoms with Crippen LogP contribution in [-0.4, -0.2) is 18.9 Å². The molecule has 5 nitrogen and oxygen atoms in total. The number of amides is 2. The van der Waals surface area contributed by atoms with E-state index in [9.17, 15) is 14.9 Å². The molecular formula is C18H13N3O2. The number of carbonyl (C=O) groups excluding carboxylic acids is 2. The summed E-state index contributed by atoms with van der Waals surface area (Å²) in [6.45, 7) is 0. The molecule has 0 aliphatic carbocycles. The van der Waals surface area contributed by atoms with E-state index in [-0.39, 0.29) is 17.1 Å². The minimum Gasteiger partial charge on any atom is -0.321 e. The lowest BCUT2D eigenvalue weighted by Gasteiger charge is -2.08. The normalized spacial score (nSPS) is 15.0. The maximum Gasteiger partial charge on any atom is 0.267 e. The van der Waals surface area contributed by atoms with Gasteiger partial charge >= 0.3 is 0 Å². The topological polar surface area (TPSA) is 73.2 Å². The predicted octanol–water partition coefficient (Wildman–Crippen LogP) is 2.58. The van der Waals surface area contributed by atoms with Crippen LogP contribution in [0.5, 0.6) is 0 Å². The van der Waals surface area contributed by atoms with Crippen molar-refractivity contribution in [3.63, 3.8) is 0 Å². The van der Waals surface area contributed by atoms with Gasteiger partial charge in [0.15, 0.2) is 0 Å². The maximum absolute atomic E-state index is 12.5. The highest BCUT2D eigenvalue weighted by Crippen LogP contribution is 2.37. The quantitative estimate of drug-likeness (QED) is 0.684. The highest BCUT2D eigenvalue weighted by Gasteiger charge is 2.34. The van der Waals surface area contributed by atoms with Crippen LogP contribution < -0.4 is 10.2 Å². The Hall–Kier alpha value is -3.39. The van der Waals surface area contributed by atoms with E-state index in [1.54, 1.807) is 49.5 Å². The van der Waals surface area contributed by atoms with Crippen molar-refractivity contribution in [3.8, 4) is 6.07 Å². The molecule has 2 aromatic carbocycles. The van der Waals surface area contributed by atoms with Gasteiger partial charge in [0.2, 0.25) is 0 Å². The molecule has 0 aromatic heterocycles. The average molecular weight is 303 g/mol.